The number of benzene rings is 4. The molecule has 0 saturated heterocycles. The van der Waals surface area contributed by atoms with Gasteiger partial charge in [-0.2, -0.15) is 31.4 Å². The second-order valence-corrected chi connectivity index (χ2v) is 8.67. The first-order valence-corrected chi connectivity index (χ1v) is 11.5. The second kappa shape index (κ2) is 10.9. The van der Waals surface area contributed by atoms with Crippen LogP contribution in [0.4, 0.5) is 26.3 Å². The number of halogens is 7. The summed E-state index contributed by atoms with van der Waals surface area (Å²) < 4.78 is 84.7. The van der Waals surface area contributed by atoms with Crippen molar-refractivity contribution < 1.29 is 41.0 Å². The van der Waals surface area contributed by atoms with E-state index < -0.39 is 36.0 Å². The van der Waals surface area contributed by atoms with Gasteiger partial charge in [0.05, 0.1) is 22.4 Å². The average Bonchev–Trinajstić information content (AvgIpc) is 2.88. The minimum atomic E-state index is -4.96. The van der Waals surface area contributed by atoms with Gasteiger partial charge in [0, 0.05) is 16.5 Å². The number of aromatic hydroxyl groups is 1. The summed E-state index contributed by atoms with van der Waals surface area (Å²) in [5.74, 6) is -0.549. The molecule has 4 rings (SSSR count). The van der Waals surface area contributed by atoms with Gasteiger partial charge >= 0.3 is 12.4 Å². The molecule has 0 unspecified atom stereocenters. The monoisotopic (exact) mass is 566 g/mol. The molecule has 0 saturated carbocycles. The Kier molecular flexibility index (Phi) is 7.73. The number of rotatable bonds is 6. The standard InChI is InChI=1S/C27H17ClF6N2O3/c28-22-11-16(5-7-23(22)37)25(38)36-35-13-17-6-8-24(21-4-2-1-3-20(17)21)39-14-15-9-18(26(29,30)31)12-19(10-15)27(32,33)34/h1-13,37H,14H2,(H,36,38)/b35-13+. The number of nitrogens with one attached hydrogen (secondary N) is 1. The smallest absolute Gasteiger partial charge is 0.416 e. The van der Waals surface area contributed by atoms with Gasteiger partial charge in [0.2, 0.25) is 0 Å². The molecule has 0 aliphatic heterocycles. The summed E-state index contributed by atoms with van der Waals surface area (Å²) in [6, 6.07) is 15.0. The van der Waals surface area contributed by atoms with Gasteiger partial charge in [0.25, 0.3) is 5.91 Å². The summed E-state index contributed by atoms with van der Waals surface area (Å²) in [6.45, 7) is -0.546. The third kappa shape index (κ3) is 6.61. The maximum atomic E-state index is 13.2. The van der Waals surface area contributed by atoms with Gasteiger partial charge in [-0.05, 0) is 59.5 Å². The third-order valence-corrected chi connectivity index (χ3v) is 5.84. The van der Waals surface area contributed by atoms with E-state index >= 15 is 0 Å². The lowest BCUT2D eigenvalue weighted by Crippen LogP contribution is -2.17. The molecule has 39 heavy (non-hydrogen) atoms. The summed E-state index contributed by atoms with van der Waals surface area (Å²) in [4.78, 5) is 12.3. The molecule has 0 aromatic heterocycles. The van der Waals surface area contributed by atoms with Gasteiger partial charge in [-0.25, -0.2) is 5.43 Å². The van der Waals surface area contributed by atoms with E-state index in [4.69, 9.17) is 16.3 Å². The number of ether oxygens (including phenoxy) is 1. The Bertz CT molecular complexity index is 1540. The van der Waals surface area contributed by atoms with Crippen LogP contribution in [0.2, 0.25) is 5.02 Å². The lowest BCUT2D eigenvalue weighted by atomic mass is 10.0. The van der Waals surface area contributed by atoms with E-state index in [1.165, 1.54) is 30.5 Å². The topological polar surface area (TPSA) is 70.9 Å². The normalized spacial score (nSPS) is 12.2. The molecule has 0 spiro atoms. The number of hydrazone groups is 1. The van der Waals surface area contributed by atoms with Gasteiger partial charge in [-0.1, -0.05) is 35.9 Å². The number of carbonyl (C=O) groups excluding carboxylic acids is 1. The number of phenols is 1. The Morgan fingerprint density at radius 3 is 2.15 bits per heavy atom. The van der Waals surface area contributed by atoms with Crippen molar-refractivity contribution in [3.63, 3.8) is 0 Å². The fraction of sp³-hybridized carbons (Fsp3) is 0.111. The van der Waals surface area contributed by atoms with E-state index in [2.05, 4.69) is 10.5 Å². The van der Waals surface area contributed by atoms with Crippen LogP contribution in [-0.2, 0) is 19.0 Å². The van der Waals surface area contributed by atoms with Crippen molar-refractivity contribution in [2.75, 3.05) is 0 Å². The van der Waals surface area contributed by atoms with Crippen LogP contribution in [0.1, 0.15) is 32.6 Å². The van der Waals surface area contributed by atoms with E-state index in [9.17, 15) is 36.2 Å². The third-order valence-electron chi connectivity index (χ3n) is 5.54. The van der Waals surface area contributed by atoms with Crippen LogP contribution in [0.5, 0.6) is 11.5 Å². The van der Waals surface area contributed by atoms with Gasteiger partial charge in [0.15, 0.2) is 0 Å². The number of alkyl halides is 6. The number of nitrogens with zero attached hydrogens (tertiary/aromatic N) is 1. The fourth-order valence-electron chi connectivity index (χ4n) is 3.67. The summed E-state index contributed by atoms with van der Waals surface area (Å²) in [7, 11) is 0. The number of phenolic OH excluding ortho intramolecular Hbond substituents is 1. The molecule has 4 aromatic carbocycles. The summed E-state index contributed by atoms with van der Waals surface area (Å²) >= 11 is 5.81. The van der Waals surface area contributed by atoms with Crippen molar-refractivity contribution in [1.29, 1.82) is 0 Å². The first kappa shape index (κ1) is 27.8. The minimum Gasteiger partial charge on any atom is -0.506 e. The highest BCUT2D eigenvalue weighted by Crippen LogP contribution is 2.37. The number of fused-ring (bicyclic) bond motifs is 1. The SMILES string of the molecule is O=C(N/N=C/c1ccc(OCc2cc(C(F)(F)F)cc(C(F)(F)F)c2)c2ccccc12)c1ccc(O)c(Cl)c1. The Morgan fingerprint density at radius 2 is 1.54 bits per heavy atom. The first-order chi connectivity index (χ1) is 18.3. The van der Waals surface area contributed by atoms with Gasteiger partial charge in [-0.3, -0.25) is 4.79 Å². The highest BCUT2D eigenvalue weighted by Gasteiger charge is 2.36. The van der Waals surface area contributed by atoms with Gasteiger partial charge in [-0.15, -0.1) is 0 Å². The van der Waals surface area contributed by atoms with Crippen molar-refractivity contribution >= 4 is 34.5 Å². The molecule has 5 nitrogen and oxygen atoms in total. The maximum absolute atomic E-state index is 13.2. The molecule has 0 bridgehead atoms. The van der Waals surface area contributed by atoms with Gasteiger partial charge < -0.3 is 9.84 Å². The van der Waals surface area contributed by atoms with Crippen LogP contribution in [0.25, 0.3) is 10.8 Å². The van der Waals surface area contributed by atoms with Crippen LogP contribution in [-0.4, -0.2) is 17.2 Å². The van der Waals surface area contributed by atoms with Crippen LogP contribution in [0.3, 0.4) is 0 Å². The van der Waals surface area contributed by atoms with Crippen molar-refractivity contribution in [1.82, 2.24) is 5.43 Å². The molecule has 4 aromatic rings. The highest BCUT2D eigenvalue weighted by atomic mass is 35.5. The van der Waals surface area contributed by atoms with Crippen LogP contribution >= 0.6 is 11.6 Å². The lowest BCUT2D eigenvalue weighted by molar-refractivity contribution is -0.143. The van der Waals surface area contributed by atoms with Crippen molar-refractivity contribution in [2.24, 2.45) is 5.10 Å². The Balaban J connectivity index is 1.56. The molecule has 0 fully saturated rings. The van der Waals surface area contributed by atoms with E-state index in [0.29, 0.717) is 28.5 Å². The van der Waals surface area contributed by atoms with Crippen molar-refractivity contribution in [2.45, 2.75) is 19.0 Å². The molecule has 0 radical (unpaired) electrons. The zero-order valence-electron chi connectivity index (χ0n) is 19.6. The number of carbonyl (C=O) groups is 1. The van der Waals surface area contributed by atoms with Crippen LogP contribution < -0.4 is 10.2 Å². The van der Waals surface area contributed by atoms with Crippen LogP contribution in [0.15, 0.2) is 77.9 Å². The summed E-state index contributed by atoms with van der Waals surface area (Å²) in [5, 5.41) is 14.5. The second-order valence-electron chi connectivity index (χ2n) is 8.27. The Hall–Kier alpha value is -4.25. The van der Waals surface area contributed by atoms with Crippen molar-refractivity contribution in [3.8, 4) is 11.5 Å². The molecule has 2 N–H and O–H groups in total. The predicted octanol–water partition coefficient (Wildman–Crippen LogP) is 7.58. The van der Waals surface area contributed by atoms with Gasteiger partial charge in [0.1, 0.15) is 18.1 Å². The first-order valence-electron chi connectivity index (χ1n) is 11.1. The number of hydrogen-bond donors (Lipinski definition) is 2. The minimum absolute atomic E-state index is 0.00650. The van der Waals surface area contributed by atoms with E-state index in [1.807, 2.05) is 0 Å². The van der Waals surface area contributed by atoms with E-state index in [1.54, 1.807) is 30.3 Å². The number of hydrogen-bond acceptors (Lipinski definition) is 4. The molecular weight excluding hydrogens is 550 g/mol. The summed E-state index contributed by atoms with van der Waals surface area (Å²) in [5.41, 5.74) is -0.124. The predicted molar refractivity (Wildman–Crippen MR) is 133 cm³/mol. The van der Waals surface area contributed by atoms with E-state index in [0.717, 1.165) is 0 Å². The largest absolute Gasteiger partial charge is 0.506 e. The fourth-order valence-corrected chi connectivity index (χ4v) is 3.85. The Labute approximate surface area is 222 Å². The van der Waals surface area contributed by atoms with E-state index in [-0.39, 0.29) is 33.7 Å². The average molecular weight is 567 g/mol. The molecule has 0 atom stereocenters. The zero-order valence-corrected chi connectivity index (χ0v) is 20.3. The lowest BCUT2D eigenvalue weighted by Gasteiger charge is -2.15. The molecule has 202 valence electrons. The molecule has 12 heteroatoms. The molecular formula is C27H17ClF6N2O3. The van der Waals surface area contributed by atoms with Crippen LogP contribution in [0, 0.1) is 0 Å². The molecule has 0 aliphatic rings. The highest BCUT2D eigenvalue weighted by molar-refractivity contribution is 6.32. The van der Waals surface area contributed by atoms with Crippen molar-refractivity contribution in [3.05, 3.63) is 106 Å². The number of amides is 1. The molecule has 1 amide bonds. The summed E-state index contributed by atoms with van der Waals surface area (Å²) in [6.07, 6.45) is -8.57. The zero-order chi connectivity index (χ0) is 28.4. The maximum Gasteiger partial charge on any atom is 0.416 e. The quantitative estimate of drug-likeness (QED) is 0.144. The molecule has 0 aliphatic carbocycles. The Morgan fingerprint density at radius 1 is 0.897 bits per heavy atom. The molecule has 0 heterocycles.